The first-order valence-electron chi connectivity index (χ1n) is 9.86. The maximum atomic E-state index is 12.3. The first kappa shape index (κ1) is 20.5. The third-order valence-electron chi connectivity index (χ3n) is 5.41. The summed E-state index contributed by atoms with van der Waals surface area (Å²) >= 11 is 5.20. The van der Waals surface area contributed by atoms with Crippen molar-refractivity contribution in [1.29, 1.82) is 0 Å². The van der Waals surface area contributed by atoms with Crippen LogP contribution in [-0.2, 0) is 6.54 Å². The molecule has 0 spiro atoms. The topological polar surface area (TPSA) is 73.6 Å². The van der Waals surface area contributed by atoms with E-state index < -0.39 is 5.56 Å². The molecule has 2 heterocycles. The summed E-state index contributed by atoms with van der Waals surface area (Å²) in [6, 6.07) is 10.6. The van der Waals surface area contributed by atoms with Gasteiger partial charge in [0.1, 0.15) is 5.56 Å². The number of hydrogen-bond donors (Lipinski definition) is 2. The van der Waals surface area contributed by atoms with Gasteiger partial charge in [-0.3, -0.25) is 24.2 Å². The second kappa shape index (κ2) is 9.30. The predicted octanol–water partition coefficient (Wildman–Crippen LogP) is 3.67. The monoisotopic (exact) mass is 400 g/mol. The molecule has 2 aromatic rings. The molecule has 1 aliphatic heterocycles. The van der Waals surface area contributed by atoms with Crippen molar-refractivity contribution < 1.29 is 5.11 Å². The van der Waals surface area contributed by atoms with E-state index in [2.05, 4.69) is 39.1 Å². The van der Waals surface area contributed by atoms with Crippen molar-refractivity contribution in [3.05, 3.63) is 56.6 Å². The third kappa shape index (κ3) is 4.77. The van der Waals surface area contributed by atoms with Crippen LogP contribution in [0, 0.1) is 4.77 Å². The van der Waals surface area contributed by atoms with Gasteiger partial charge in [-0.2, -0.15) is 0 Å². The number of nitrogens with zero attached hydrogens (tertiary/aromatic N) is 3. The Kier molecular flexibility index (Phi) is 6.80. The molecule has 0 amide bonds. The van der Waals surface area contributed by atoms with Crippen LogP contribution in [0.15, 0.2) is 40.1 Å². The van der Waals surface area contributed by atoms with E-state index in [1.54, 1.807) is 4.57 Å². The van der Waals surface area contributed by atoms with E-state index >= 15 is 0 Å². The van der Waals surface area contributed by atoms with Crippen molar-refractivity contribution in [2.75, 3.05) is 13.1 Å². The van der Waals surface area contributed by atoms with Crippen molar-refractivity contribution in [2.45, 2.75) is 51.7 Å². The summed E-state index contributed by atoms with van der Waals surface area (Å²) in [5.74, 6) is -0.103. The van der Waals surface area contributed by atoms with Crippen molar-refractivity contribution in [3.8, 4) is 5.88 Å². The van der Waals surface area contributed by atoms with Gasteiger partial charge in [0.2, 0.25) is 5.88 Å². The number of benzene rings is 1. The van der Waals surface area contributed by atoms with E-state index in [4.69, 9.17) is 12.2 Å². The molecule has 0 aliphatic carbocycles. The fraction of sp³-hybridized carbons (Fsp3) is 0.476. The number of rotatable bonds is 6. The predicted molar refractivity (Wildman–Crippen MR) is 115 cm³/mol. The Hall–Kier alpha value is -2.25. The summed E-state index contributed by atoms with van der Waals surface area (Å²) in [5.41, 5.74) is 1.10. The van der Waals surface area contributed by atoms with Crippen molar-refractivity contribution in [1.82, 2.24) is 14.5 Å². The summed E-state index contributed by atoms with van der Waals surface area (Å²) in [5, 5.41) is 10.6. The molecule has 150 valence electrons. The van der Waals surface area contributed by atoms with Gasteiger partial charge in [-0.1, -0.05) is 37.3 Å². The summed E-state index contributed by atoms with van der Waals surface area (Å²) in [6.07, 6.45) is 4.18. The van der Waals surface area contributed by atoms with E-state index in [0.717, 1.165) is 38.9 Å². The van der Waals surface area contributed by atoms with E-state index in [9.17, 15) is 9.90 Å². The summed E-state index contributed by atoms with van der Waals surface area (Å²) in [4.78, 5) is 21.9. The minimum atomic E-state index is -0.396. The Morgan fingerprint density at radius 1 is 1.32 bits per heavy atom. The lowest BCUT2D eigenvalue weighted by Crippen LogP contribution is -2.34. The molecule has 0 radical (unpaired) electrons. The lowest BCUT2D eigenvalue weighted by Gasteiger charge is -2.30. The van der Waals surface area contributed by atoms with Crippen molar-refractivity contribution in [3.63, 3.8) is 0 Å². The van der Waals surface area contributed by atoms with E-state index in [1.165, 1.54) is 11.8 Å². The molecule has 1 aromatic carbocycles. The van der Waals surface area contributed by atoms with Gasteiger partial charge in [0.15, 0.2) is 4.77 Å². The molecule has 1 saturated heterocycles. The number of likely N-dealkylation sites (tertiary alicyclic amines) is 1. The maximum Gasteiger partial charge on any atom is 0.264 e. The van der Waals surface area contributed by atoms with Gasteiger partial charge >= 0.3 is 0 Å². The first-order chi connectivity index (χ1) is 13.5. The molecule has 3 rings (SSSR count). The van der Waals surface area contributed by atoms with Crippen LogP contribution < -0.4 is 5.56 Å². The highest BCUT2D eigenvalue weighted by Gasteiger charge is 2.19. The number of aromatic amines is 1. The number of aromatic hydroxyl groups is 1. The molecule has 0 bridgehead atoms. The second-order valence-corrected chi connectivity index (χ2v) is 7.78. The number of nitrogens with one attached hydrogen (secondary N) is 1. The highest BCUT2D eigenvalue weighted by molar-refractivity contribution is 7.71. The Balaban J connectivity index is 1.67. The van der Waals surface area contributed by atoms with Crippen LogP contribution >= 0.6 is 12.2 Å². The van der Waals surface area contributed by atoms with Gasteiger partial charge in [-0.15, -0.1) is 0 Å². The van der Waals surface area contributed by atoms with Crippen molar-refractivity contribution in [2.24, 2.45) is 4.99 Å². The fourth-order valence-electron chi connectivity index (χ4n) is 3.51. The summed E-state index contributed by atoms with van der Waals surface area (Å²) < 4.78 is 1.82. The van der Waals surface area contributed by atoms with Crippen LogP contribution in [0.5, 0.6) is 5.88 Å². The SMILES string of the molecule is CC[C@H](C)n1c(O)c(C=NC2CCN(Cc3ccccc3)CC2)c(=O)[nH]c1=S. The Bertz CT molecular complexity index is 928. The molecule has 6 nitrogen and oxygen atoms in total. The zero-order valence-corrected chi connectivity index (χ0v) is 17.3. The zero-order valence-electron chi connectivity index (χ0n) is 16.5. The van der Waals surface area contributed by atoms with Gasteiger partial charge < -0.3 is 5.11 Å². The fourth-order valence-corrected chi connectivity index (χ4v) is 3.87. The summed E-state index contributed by atoms with van der Waals surface area (Å²) in [7, 11) is 0. The lowest BCUT2D eigenvalue weighted by atomic mass is 10.0. The van der Waals surface area contributed by atoms with Crippen LogP contribution in [0.3, 0.4) is 0 Å². The Labute approximate surface area is 170 Å². The maximum absolute atomic E-state index is 12.3. The van der Waals surface area contributed by atoms with Gasteiger partial charge in [0.25, 0.3) is 5.56 Å². The van der Waals surface area contributed by atoms with Gasteiger partial charge in [0.05, 0.1) is 6.04 Å². The number of hydrogen-bond acceptors (Lipinski definition) is 5. The minimum absolute atomic E-state index is 0.00211. The molecule has 1 atom stereocenters. The van der Waals surface area contributed by atoms with Crippen molar-refractivity contribution >= 4 is 18.4 Å². The van der Waals surface area contributed by atoms with Gasteiger partial charge in [0, 0.05) is 31.9 Å². The third-order valence-corrected chi connectivity index (χ3v) is 5.70. The normalized spacial score (nSPS) is 17.2. The van der Waals surface area contributed by atoms with Crippen LogP contribution in [0.4, 0.5) is 0 Å². The minimum Gasteiger partial charge on any atom is -0.494 e. The van der Waals surface area contributed by atoms with Crippen LogP contribution in [0.2, 0.25) is 0 Å². The number of piperidine rings is 1. The molecule has 7 heteroatoms. The Morgan fingerprint density at radius 3 is 2.64 bits per heavy atom. The zero-order chi connectivity index (χ0) is 20.1. The summed E-state index contributed by atoms with van der Waals surface area (Å²) in [6.45, 7) is 6.85. The molecule has 0 saturated carbocycles. The molecule has 1 fully saturated rings. The molecular formula is C21H28N4O2S. The van der Waals surface area contributed by atoms with E-state index in [1.807, 2.05) is 19.9 Å². The standard InChI is InChI=1S/C21H28N4O2S/c1-3-15(2)25-20(27)18(19(26)23-21(25)28)13-22-17-9-11-24(12-10-17)14-16-7-5-4-6-8-16/h4-8,13,15,17,27H,3,9-12,14H2,1-2H3,(H,23,26,28)/t15-/m0/s1. The number of aromatic nitrogens is 2. The smallest absolute Gasteiger partial charge is 0.264 e. The molecule has 2 N–H and O–H groups in total. The Morgan fingerprint density at radius 2 is 2.00 bits per heavy atom. The van der Waals surface area contributed by atoms with E-state index in [0.29, 0.717) is 0 Å². The van der Waals surface area contributed by atoms with Crippen LogP contribution in [0.25, 0.3) is 0 Å². The highest BCUT2D eigenvalue weighted by Crippen LogP contribution is 2.21. The molecular weight excluding hydrogens is 372 g/mol. The number of aliphatic imine (C=N–C) groups is 1. The van der Waals surface area contributed by atoms with Gasteiger partial charge in [-0.05, 0) is 44.0 Å². The van der Waals surface area contributed by atoms with Gasteiger partial charge in [-0.25, -0.2) is 0 Å². The molecule has 1 aliphatic rings. The lowest BCUT2D eigenvalue weighted by molar-refractivity contribution is 0.206. The molecule has 28 heavy (non-hydrogen) atoms. The van der Waals surface area contributed by atoms with E-state index in [-0.39, 0.29) is 28.3 Å². The largest absolute Gasteiger partial charge is 0.494 e. The average molecular weight is 401 g/mol. The van der Waals surface area contributed by atoms with Crippen LogP contribution in [-0.4, -0.2) is 44.9 Å². The first-order valence-corrected chi connectivity index (χ1v) is 10.3. The second-order valence-electron chi connectivity index (χ2n) is 7.39. The quantitative estimate of drug-likeness (QED) is 0.573. The highest BCUT2D eigenvalue weighted by atomic mass is 32.1. The molecule has 1 aromatic heterocycles. The number of H-pyrrole nitrogens is 1. The average Bonchev–Trinajstić information content (AvgIpc) is 2.69. The molecule has 0 unspecified atom stereocenters. The van der Waals surface area contributed by atoms with Crippen LogP contribution in [0.1, 0.15) is 50.3 Å².